The maximum absolute atomic E-state index is 11.2. The Bertz CT molecular complexity index is 313. The Hall–Kier alpha value is -1.47. The van der Waals surface area contributed by atoms with E-state index in [0.717, 1.165) is 6.42 Å². The number of nitrogens with zero attached hydrogens (tertiary/aromatic N) is 1. The molecule has 7 heteroatoms. The zero-order valence-corrected chi connectivity index (χ0v) is 10.5. The summed E-state index contributed by atoms with van der Waals surface area (Å²) >= 11 is 0. The molecule has 7 nitrogen and oxygen atoms in total. The predicted molar refractivity (Wildman–Crippen MR) is 58.5 cm³/mol. The number of imide groups is 1. The molecule has 0 aromatic rings. The second-order valence-corrected chi connectivity index (χ2v) is 4.11. The van der Waals surface area contributed by atoms with Crippen molar-refractivity contribution in [1.82, 2.24) is 5.06 Å². The summed E-state index contributed by atoms with van der Waals surface area (Å²) in [5, 5.41) is 0.473. The minimum absolute atomic E-state index is 0.0669. The van der Waals surface area contributed by atoms with Crippen LogP contribution in [-0.4, -0.2) is 36.1 Å². The zero-order valence-electron chi connectivity index (χ0n) is 10.5. The van der Waals surface area contributed by atoms with Gasteiger partial charge < -0.3 is 4.84 Å². The number of hydrogen-bond acceptors (Lipinski definition) is 6. The molecule has 1 fully saturated rings. The van der Waals surface area contributed by atoms with Crippen molar-refractivity contribution >= 4 is 17.8 Å². The normalized spacial score (nSPS) is 17.1. The molecular weight excluding hydrogens is 242 g/mol. The molecule has 1 aliphatic rings. The van der Waals surface area contributed by atoms with Gasteiger partial charge in [-0.05, 0) is 5.92 Å². The van der Waals surface area contributed by atoms with Gasteiger partial charge in [0, 0.05) is 12.8 Å². The highest BCUT2D eigenvalue weighted by atomic mass is 17.2. The quantitative estimate of drug-likeness (QED) is 0.288. The van der Waals surface area contributed by atoms with Crippen LogP contribution < -0.4 is 0 Å². The Balaban J connectivity index is 2.18. The van der Waals surface area contributed by atoms with Crippen LogP contribution in [0.15, 0.2) is 0 Å². The summed E-state index contributed by atoms with van der Waals surface area (Å²) in [4.78, 5) is 47.5. The standard InChI is InChI=1S/C11H17NO6/c1-3-8(2)6-16-17-7-11(15)18-12-9(13)4-5-10(12)14/h8H,3-7H2,1-2H3. The Morgan fingerprint density at radius 1 is 1.28 bits per heavy atom. The van der Waals surface area contributed by atoms with Crippen molar-refractivity contribution in [3.05, 3.63) is 0 Å². The van der Waals surface area contributed by atoms with Crippen LogP contribution >= 0.6 is 0 Å². The van der Waals surface area contributed by atoms with Crippen molar-refractivity contribution in [2.45, 2.75) is 33.1 Å². The number of carbonyl (C=O) groups excluding carboxylic acids is 3. The van der Waals surface area contributed by atoms with Gasteiger partial charge in [0.1, 0.15) is 0 Å². The number of rotatable bonds is 7. The van der Waals surface area contributed by atoms with Gasteiger partial charge in [0.05, 0.1) is 6.61 Å². The third-order valence-electron chi connectivity index (χ3n) is 2.51. The van der Waals surface area contributed by atoms with Crippen LogP contribution in [-0.2, 0) is 29.0 Å². The predicted octanol–water partition coefficient (Wildman–Crippen LogP) is 0.588. The van der Waals surface area contributed by atoms with E-state index in [-0.39, 0.29) is 12.8 Å². The van der Waals surface area contributed by atoms with Gasteiger partial charge in [-0.1, -0.05) is 20.3 Å². The Labute approximate surface area is 105 Å². The molecule has 1 heterocycles. The first-order chi connectivity index (χ1) is 8.54. The van der Waals surface area contributed by atoms with Crippen molar-refractivity contribution in [3.8, 4) is 0 Å². The minimum Gasteiger partial charge on any atom is -0.328 e. The molecule has 18 heavy (non-hydrogen) atoms. The van der Waals surface area contributed by atoms with Crippen LogP contribution in [0.4, 0.5) is 0 Å². The second-order valence-electron chi connectivity index (χ2n) is 4.11. The highest BCUT2D eigenvalue weighted by molar-refractivity contribution is 6.01. The molecule has 0 spiro atoms. The van der Waals surface area contributed by atoms with Gasteiger partial charge in [0.15, 0.2) is 6.61 Å². The average molecular weight is 259 g/mol. The lowest BCUT2D eigenvalue weighted by molar-refractivity contribution is -0.301. The molecule has 0 aromatic carbocycles. The first-order valence-corrected chi connectivity index (χ1v) is 5.85. The topological polar surface area (TPSA) is 82.1 Å². The molecule has 1 aliphatic heterocycles. The molecule has 1 saturated heterocycles. The lowest BCUT2D eigenvalue weighted by atomic mass is 10.1. The fourth-order valence-corrected chi connectivity index (χ4v) is 1.16. The summed E-state index contributed by atoms with van der Waals surface area (Å²) in [7, 11) is 0. The van der Waals surface area contributed by atoms with E-state index < -0.39 is 24.4 Å². The summed E-state index contributed by atoms with van der Waals surface area (Å²) in [6, 6.07) is 0. The van der Waals surface area contributed by atoms with Crippen LogP contribution in [0.5, 0.6) is 0 Å². The van der Waals surface area contributed by atoms with E-state index in [4.69, 9.17) is 4.89 Å². The molecule has 0 N–H and O–H groups in total. The van der Waals surface area contributed by atoms with E-state index in [1.807, 2.05) is 13.8 Å². The number of carbonyl (C=O) groups is 3. The van der Waals surface area contributed by atoms with Gasteiger partial charge in [0.25, 0.3) is 11.8 Å². The highest BCUT2D eigenvalue weighted by Gasteiger charge is 2.32. The van der Waals surface area contributed by atoms with Crippen LogP contribution in [0.1, 0.15) is 33.1 Å². The van der Waals surface area contributed by atoms with E-state index in [0.29, 0.717) is 17.6 Å². The fraction of sp³-hybridized carbons (Fsp3) is 0.727. The lowest BCUT2D eigenvalue weighted by Crippen LogP contribution is -2.33. The maximum Gasteiger partial charge on any atom is 0.361 e. The first kappa shape index (κ1) is 14.6. The molecule has 1 unspecified atom stereocenters. The molecule has 1 atom stereocenters. The first-order valence-electron chi connectivity index (χ1n) is 5.85. The maximum atomic E-state index is 11.2. The molecule has 0 aliphatic carbocycles. The van der Waals surface area contributed by atoms with Crippen molar-refractivity contribution in [2.75, 3.05) is 13.2 Å². The molecule has 2 amide bonds. The van der Waals surface area contributed by atoms with Crippen LogP contribution in [0.25, 0.3) is 0 Å². The SMILES string of the molecule is CCC(C)COOCC(=O)ON1C(=O)CCC1=O. The summed E-state index contributed by atoms with van der Waals surface area (Å²) in [6.07, 6.45) is 1.07. The van der Waals surface area contributed by atoms with E-state index in [2.05, 4.69) is 9.73 Å². The van der Waals surface area contributed by atoms with Crippen LogP contribution in [0.2, 0.25) is 0 Å². The van der Waals surface area contributed by atoms with Crippen molar-refractivity contribution in [3.63, 3.8) is 0 Å². The van der Waals surface area contributed by atoms with Gasteiger partial charge in [-0.2, -0.15) is 0 Å². The largest absolute Gasteiger partial charge is 0.361 e. The molecule has 0 aromatic heterocycles. The Morgan fingerprint density at radius 3 is 2.44 bits per heavy atom. The Kier molecular flexibility index (Phi) is 5.73. The second kappa shape index (κ2) is 7.07. The van der Waals surface area contributed by atoms with E-state index in [1.165, 1.54) is 0 Å². The van der Waals surface area contributed by atoms with Crippen molar-refractivity contribution in [2.24, 2.45) is 5.92 Å². The smallest absolute Gasteiger partial charge is 0.328 e. The van der Waals surface area contributed by atoms with Gasteiger partial charge in [0.2, 0.25) is 0 Å². The third kappa shape index (κ3) is 4.42. The van der Waals surface area contributed by atoms with Crippen LogP contribution in [0, 0.1) is 5.92 Å². The molecular formula is C11H17NO6. The number of hydroxylamine groups is 2. The summed E-state index contributed by atoms with van der Waals surface area (Å²) in [5.41, 5.74) is 0. The van der Waals surface area contributed by atoms with E-state index >= 15 is 0 Å². The van der Waals surface area contributed by atoms with Crippen molar-refractivity contribution in [1.29, 1.82) is 0 Å². The average Bonchev–Trinajstić information content (AvgIpc) is 2.66. The van der Waals surface area contributed by atoms with Gasteiger partial charge in [-0.25, -0.2) is 14.6 Å². The monoisotopic (exact) mass is 259 g/mol. The summed E-state index contributed by atoms with van der Waals surface area (Å²) < 4.78 is 0. The van der Waals surface area contributed by atoms with Crippen molar-refractivity contribution < 1.29 is 29.0 Å². The molecule has 0 saturated carbocycles. The minimum atomic E-state index is -0.845. The summed E-state index contributed by atoms with van der Waals surface area (Å²) in [6.45, 7) is 3.88. The van der Waals surface area contributed by atoms with Gasteiger partial charge in [-0.3, -0.25) is 9.59 Å². The molecule has 0 bridgehead atoms. The third-order valence-corrected chi connectivity index (χ3v) is 2.51. The van der Waals surface area contributed by atoms with E-state index in [1.54, 1.807) is 0 Å². The number of hydrogen-bond donors (Lipinski definition) is 0. The van der Waals surface area contributed by atoms with E-state index in [9.17, 15) is 14.4 Å². The zero-order chi connectivity index (χ0) is 13.5. The molecule has 0 radical (unpaired) electrons. The number of amides is 2. The molecule has 102 valence electrons. The van der Waals surface area contributed by atoms with Gasteiger partial charge >= 0.3 is 5.97 Å². The lowest BCUT2D eigenvalue weighted by Gasteiger charge is -2.12. The van der Waals surface area contributed by atoms with Crippen LogP contribution in [0.3, 0.4) is 0 Å². The molecule has 1 rings (SSSR count). The fourth-order valence-electron chi connectivity index (χ4n) is 1.16. The van der Waals surface area contributed by atoms with Gasteiger partial charge in [-0.15, -0.1) is 5.06 Å². The highest BCUT2D eigenvalue weighted by Crippen LogP contribution is 2.12. The summed E-state index contributed by atoms with van der Waals surface area (Å²) in [5.74, 6) is -1.56. The Morgan fingerprint density at radius 2 is 1.89 bits per heavy atom.